The van der Waals surface area contributed by atoms with Crippen molar-refractivity contribution in [1.29, 1.82) is 0 Å². The molecular formula is C5H5F3N2O. The van der Waals surface area contributed by atoms with Gasteiger partial charge in [0.05, 0.1) is 7.11 Å². The fraction of sp³-hybridized carbons (Fsp3) is 0.400. The Balaban J connectivity index is 3.02. The van der Waals surface area contributed by atoms with E-state index in [0.29, 0.717) is 0 Å². The molecule has 1 rings (SSSR count). The average molecular weight is 166 g/mol. The highest BCUT2D eigenvalue weighted by Gasteiger charge is 2.35. The van der Waals surface area contributed by atoms with Gasteiger partial charge in [0.25, 0.3) is 0 Å². The number of alkyl halides is 3. The lowest BCUT2D eigenvalue weighted by Crippen LogP contribution is -2.05. The van der Waals surface area contributed by atoms with E-state index in [9.17, 15) is 13.2 Å². The minimum Gasteiger partial charge on any atom is -0.480 e. The summed E-state index contributed by atoms with van der Waals surface area (Å²) in [6, 6.07) is 0. The number of nitrogens with one attached hydrogen (secondary N) is 1. The zero-order chi connectivity index (χ0) is 8.48. The SMILES string of the molecule is COc1n[nH]cc1C(F)(F)F. The molecule has 62 valence electrons. The van der Waals surface area contributed by atoms with E-state index in [1.54, 1.807) is 0 Å². The van der Waals surface area contributed by atoms with Crippen LogP contribution in [-0.2, 0) is 6.18 Å². The Labute approximate surface area is 60.2 Å². The zero-order valence-electron chi connectivity index (χ0n) is 5.57. The highest BCUT2D eigenvalue weighted by atomic mass is 19.4. The number of nitrogens with zero attached hydrogens (tertiary/aromatic N) is 1. The monoisotopic (exact) mass is 166 g/mol. The second-order valence-electron chi connectivity index (χ2n) is 1.81. The summed E-state index contributed by atoms with van der Waals surface area (Å²) in [6.07, 6.45) is -3.66. The number of hydrogen-bond donors (Lipinski definition) is 1. The molecule has 0 aromatic carbocycles. The molecule has 0 aliphatic carbocycles. The minimum atomic E-state index is -4.40. The molecule has 0 saturated heterocycles. The normalized spacial score (nSPS) is 11.6. The van der Waals surface area contributed by atoms with E-state index >= 15 is 0 Å². The van der Waals surface area contributed by atoms with Crippen molar-refractivity contribution in [1.82, 2.24) is 10.2 Å². The summed E-state index contributed by atoms with van der Waals surface area (Å²) in [5, 5.41) is 5.29. The predicted molar refractivity (Wildman–Crippen MR) is 30.1 cm³/mol. The Morgan fingerprint density at radius 2 is 2.18 bits per heavy atom. The summed E-state index contributed by atoms with van der Waals surface area (Å²) in [4.78, 5) is 0. The number of methoxy groups -OCH3 is 1. The highest BCUT2D eigenvalue weighted by Crippen LogP contribution is 2.34. The summed E-state index contributed by atoms with van der Waals surface area (Å²) in [5.74, 6) is -0.433. The molecule has 0 atom stereocenters. The number of aromatic amines is 1. The molecule has 1 N–H and O–H groups in total. The molecule has 0 aliphatic heterocycles. The van der Waals surface area contributed by atoms with Gasteiger partial charge >= 0.3 is 6.18 Å². The van der Waals surface area contributed by atoms with Crippen molar-refractivity contribution < 1.29 is 17.9 Å². The molecule has 0 bridgehead atoms. The first-order chi connectivity index (χ1) is 5.05. The number of H-pyrrole nitrogens is 1. The molecule has 0 amide bonds. The van der Waals surface area contributed by atoms with Gasteiger partial charge in [-0.1, -0.05) is 0 Å². The van der Waals surface area contributed by atoms with Crippen molar-refractivity contribution >= 4 is 0 Å². The zero-order valence-corrected chi connectivity index (χ0v) is 5.57. The van der Waals surface area contributed by atoms with Gasteiger partial charge < -0.3 is 4.74 Å². The van der Waals surface area contributed by atoms with Gasteiger partial charge in [-0.3, -0.25) is 5.10 Å². The Morgan fingerprint density at radius 1 is 1.55 bits per heavy atom. The molecule has 0 spiro atoms. The lowest BCUT2D eigenvalue weighted by atomic mass is 10.3. The molecule has 0 saturated carbocycles. The molecule has 6 heteroatoms. The molecule has 0 aliphatic rings. The second kappa shape index (κ2) is 2.44. The Bertz CT molecular complexity index is 242. The maximum Gasteiger partial charge on any atom is 0.423 e. The maximum atomic E-state index is 11.9. The number of rotatable bonds is 1. The summed E-state index contributed by atoms with van der Waals surface area (Å²) in [7, 11) is 1.13. The van der Waals surface area contributed by atoms with Gasteiger partial charge in [-0.05, 0) is 0 Å². The first kappa shape index (κ1) is 7.90. The Kier molecular flexibility index (Phi) is 1.76. The van der Waals surface area contributed by atoms with Crippen LogP contribution in [0.5, 0.6) is 5.88 Å². The standard InChI is InChI=1S/C5H5F3N2O/c1-11-4-3(2-9-10-4)5(6,7)8/h2H,1H3,(H,9,10). The lowest BCUT2D eigenvalue weighted by molar-refractivity contribution is -0.138. The fourth-order valence-corrected chi connectivity index (χ4v) is 0.636. The molecule has 0 unspecified atom stereocenters. The predicted octanol–water partition coefficient (Wildman–Crippen LogP) is 1.44. The molecule has 1 aromatic heterocycles. The molecule has 1 heterocycles. The highest BCUT2D eigenvalue weighted by molar-refractivity contribution is 5.25. The lowest BCUT2D eigenvalue weighted by Gasteiger charge is -2.03. The van der Waals surface area contributed by atoms with Gasteiger partial charge in [0.2, 0.25) is 5.88 Å². The number of ether oxygens (including phenoxy) is 1. The van der Waals surface area contributed by atoms with Crippen LogP contribution in [0, 0.1) is 0 Å². The topological polar surface area (TPSA) is 37.9 Å². The third kappa shape index (κ3) is 1.44. The van der Waals surface area contributed by atoms with Crippen LogP contribution in [-0.4, -0.2) is 17.3 Å². The summed E-state index contributed by atoms with van der Waals surface area (Å²) in [6.45, 7) is 0. The van der Waals surface area contributed by atoms with Crippen LogP contribution in [0.2, 0.25) is 0 Å². The average Bonchev–Trinajstić information content (AvgIpc) is 2.31. The number of halogens is 3. The van der Waals surface area contributed by atoms with Crippen LogP contribution in [0.1, 0.15) is 5.56 Å². The van der Waals surface area contributed by atoms with Gasteiger partial charge in [0, 0.05) is 6.20 Å². The Morgan fingerprint density at radius 3 is 2.55 bits per heavy atom. The van der Waals surface area contributed by atoms with Crippen molar-refractivity contribution in [3.05, 3.63) is 11.8 Å². The third-order valence-electron chi connectivity index (χ3n) is 1.10. The van der Waals surface area contributed by atoms with Crippen LogP contribution in [0.25, 0.3) is 0 Å². The second-order valence-corrected chi connectivity index (χ2v) is 1.81. The smallest absolute Gasteiger partial charge is 0.423 e. The van der Waals surface area contributed by atoms with E-state index in [4.69, 9.17) is 0 Å². The van der Waals surface area contributed by atoms with Crippen molar-refractivity contribution in [2.24, 2.45) is 0 Å². The van der Waals surface area contributed by atoms with E-state index < -0.39 is 17.6 Å². The van der Waals surface area contributed by atoms with Crippen molar-refractivity contribution in [3.63, 3.8) is 0 Å². The molecule has 0 fully saturated rings. The van der Waals surface area contributed by atoms with Crippen LogP contribution in [0.3, 0.4) is 0 Å². The van der Waals surface area contributed by atoms with Gasteiger partial charge in [0.15, 0.2) is 0 Å². The third-order valence-corrected chi connectivity index (χ3v) is 1.10. The number of aromatic nitrogens is 2. The van der Waals surface area contributed by atoms with Gasteiger partial charge in [-0.25, -0.2) is 0 Å². The van der Waals surface area contributed by atoms with Crippen LogP contribution in [0.4, 0.5) is 13.2 Å². The molecule has 0 radical (unpaired) electrons. The molecule has 3 nitrogen and oxygen atoms in total. The van der Waals surface area contributed by atoms with Gasteiger partial charge in [-0.15, -0.1) is 5.10 Å². The van der Waals surface area contributed by atoms with Crippen LogP contribution >= 0.6 is 0 Å². The van der Waals surface area contributed by atoms with Gasteiger partial charge in [0.1, 0.15) is 5.56 Å². The van der Waals surface area contributed by atoms with Gasteiger partial charge in [-0.2, -0.15) is 13.2 Å². The Hall–Kier alpha value is -1.20. The van der Waals surface area contributed by atoms with E-state index in [1.807, 2.05) is 0 Å². The van der Waals surface area contributed by atoms with E-state index in [2.05, 4.69) is 14.9 Å². The van der Waals surface area contributed by atoms with E-state index in [1.165, 1.54) is 0 Å². The largest absolute Gasteiger partial charge is 0.480 e. The fourth-order valence-electron chi connectivity index (χ4n) is 0.636. The van der Waals surface area contributed by atoms with Crippen molar-refractivity contribution in [2.45, 2.75) is 6.18 Å². The van der Waals surface area contributed by atoms with Crippen LogP contribution in [0.15, 0.2) is 6.20 Å². The summed E-state index contributed by atoms with van der Waals surface area (Å²) in [5.41, 5.74) is -0.889. The first-order valence-corrected chi connectivity index (χ1v) is 2.70. The van der Waals surface area contributed by atoms with Crippen LogP contribution < -0.4 is 4.74 Å². The van der Waals surface area contributed by atoms with Crippen molar-refractivity contribution in [3.8, 4) is 5.88 Å². The quantitative estimate of drug-likeness (QED) is 0.685. The summed E-state index contributed by atoms with van der Waals surface area (Å²) < 4.78 is 40.1. The number of hydrogen-bond acceptors (Lipinski definition) is 2. The molecular weight excluding hydrogens is 161 g/mol. The van der Waals surface area contributed by atoms with Crippen molar-refractivity contribution in [2.75, 3.05) is 7.11 Å². The maximum absolute atomic E-state index is 11.9. The molecule has 1 aromatic rings. The van der Waals surface area contributed by atoms with E-state index in [-0.39, 0.29) is 0 Å². The minimum absolute atomic E-state index is 0.433. The first-order valence-electron chi connectivity index (χ1n) is 2.70. The molecule has 11 heavy (non-hydrogen) atoms. The van der Waals surface area contributed by atoms with E-state index in [0.717, 1.165) is 13.3 Å². The summed E-state index contributed by atoms with van der Waals surface area (Å²) >= 11 is 0.